The van der Waals surface area contributed by atoms with Gasteiger partial charge in [-0.1, -0.05) is 18.2 Å². The molecule has 8 nitrogen and oxygen atoms in total. The van der Waals surface area contributed by atoms with Gasteiger partial charge in [0, 0.05) is 0 Å². The average molecular weight is 367 g/mol. The van der Waals surface area contributed by atoms with Crippen LogP contribution in [0.15, 0.2) is 54.6 Å². The predicted molar refractivity (Wildman–Crippen MR) is 98.7 cm³/mol. The monoisotopic (exact) mass is 367 g/mol. The molecule has 140 valence electrons. The van der Waals surface area contributed by atoms with Gasteiger partial charge in [0.2, 0.25) is 0 Å². The largest absolute Gasteiger partial charge is 0.494 e. The highest BCUT2D eigenvalue weighted by molar-refractivity contribution is 5.80. The van der Waals surface area contributed by atoms with Gasteiger partial charge >= 0.3 is 0 Å². The zero-order valence-corrected chi connectivity index (χ0v) is 15.2. The van der Waals surface area contributed by atoms with Crippen molar-refractivity contribution in [2.24, 2.45) is 0 Å². The van der Waals surface area contributed by atoms with Gasteiger partial charge in [0.05, 0.1) is 18.8 Å². The number of benzene rings is 2. The number of nitrogens with one attached hydrogen (secondary N) is 1. The lowest BCUT2D eigenvalue weighted by Crippen LogP contribution is -2.36. The summed E-state index contributed by atoms with van der Waals surface area (Å²) in [6.45, 7) is 4.41. The number of aromatic nitrogens is 4. The van der Waals surface area contributed by atoms with E-state index in [0.29, 0.717) is 18.2 Å². The van der Waals surface area contributed by atoms with Crippen LogP contribution in [0.2, 0.25) is 0 Å². The Labute approximate surface area is 157 Å². The van der Waals surface area contributed by atoms with Crippen LogP contribution in [-0.4, -0.2) is 38.8 Å². The maximum atomic E-state index is 12.3. The summed E-state index contributed by atoms with van der Waals surface area (Å²) in [5, 5.41) is 14.5. The van der Waals surface area contributed by atoms with Crippen molar-refractivity contribution in [1.82, 2.24) is 25.5 Å². The third-order valence-electron chi connectivity index (χ3n) is 3.77. The second-order valence-corrected chi connectivity index (χ2v) is 5.72. The molecule has 0 fully saturated rings. The fourth-order valence-electron chi connectivity index (χ4n) is 2.43. The van der Waals surface area contributed by atoms with Crippen LogP contribution in [0.25, 0.3) is 5.69 Å². The molecule has 0 saturated heterocycles. The minimum atomic E-state index is -0.637. The lowest BCUT2D eigenvalue weighted by atomic mass is 10.3. The van der Waals surface area contributed by atoms with E-state index in [2.05, 4.69) is 20.8 Å². The van der Waals surface area contributed by atoms with Crippen LogP contribution in [0.5, 0.6) is 11.5 Å². The second kappa shape index (κ2) is 8.79. The first-order valence-corrected chi connectivity index (χ1v) is 8.67. The molecular formula is C19H21N5O3. The molecule has 1 amide bonds. The third kappa shape index (κ3) is 4.81. The van der Waals surface area contributed by atoms with Crippen molar-refractivity contribution in [1.29, 1.82) is 0 Å². The number of carbonyl (C=O) groups excluding carboxylic acids is 1. The van der Waals surface area contributed by atoms with Crippen molar-refractivity contribution in [3.05, 3.63) is 60.4 Å². The molecule has 8 heteroatoms. The SMILES string of the molecule is CCOc1ccc(-n2nnnc2CNC(=O)[C@@H](C)Oc2ccccc2)cc1. The summed E-state index contributed by atoms with van der Waals surface area (Å²) in [7, 11) is 0. The lowest BCUT2D eigenvalue weighted by Gasteiger charge is -2.14. The van der Waals surface area contributed by atoms with Gasteiger partial charge in [0.15, 0.2) is 11.9 Å². The van der Waals surface area contributed by atoms with E-state index in [1.807, 2.05) is 49.4 Å². The fraction of sp³-hybridized carbons (Fsp3) is 0.263. The van der Waals surface area contributed by atoms with E-state index in [1.165, 1.54) is 0 Å². The molecule has 0 spiro atoms. The number of para-hydroxylation sites is 1. The van der Waals surface area contributed by atoms with Crippen LogP contribution in [0.3, 0.4) is 0 Å². The first-order chi connectivity index (χ1) is 13.2. The molecule has 3 aromatic rings. The number of amides is 1. The van der Waals surface area contributed by atoms with Crippen LogP contribution < -0.4 is 14.8 Å². The molecule has 1 aromatic heterocycles. The molecule has 1 N–H and O–H groups in total. The van der Waals surface area contributed by atoms with E-state index in [1.54, 1.807) is 23.7 Å². The lowest BCUT2D eigenvalue weighted by molar-refractivity contribution is -0.127. The molecular weight excluding hydrogens is 346 g/mol. The van der Waals surface area contributed by atoms with Gasteiger partial charge in [0.25, 0.3) is 5.91 Å². The van der Waals surface area contributed by atoms with E-state index in [4.69, 9.17) is 9.47 Å². The highest BCUT2D eigenvalue weighted by atomic mass is 16.5. The Kier molecular flexibility index (Phi) is 5.98. The van der Waals surface area contributed by atoms with E-state index >= 15 is 0 Å². The van der Waals surface area contributed by atoms with Crippen LogP contribution >= 0.6 is 0 Å². The molecule has 27 heavy (non-hydrogen) atoms. The van der Waals surface area contributed by atoms with Crippen LogP contribution in [-0.2, 0) is 11.3 Å². The molecule has 0 radical (unpaired) electrons. The van der Waals surface area contributed by atoms with Crippen molar-refractivity contribution < 1.29 is 14.3 Å². The normalized spacial score (nSPS) is 11.6. The molecule has 0 aliphatic heterocycles. The molecule has 1 atom stereocenters. The topological polar surface area (TPSA) is 91.2 Å². The van der Waals surface area contributed by atoms with Gasteiger partial charge in [-0.2, -0.15) is 4.68 Å². The Morgan fingerprint density at radius 1 is 1.11 bits per heavy atom. The van der Waals surface area contributed by atoms with Crippen LogP contribution in [0, 0.1) is 0 Å². The molecule has 3 rings (SSSR count). The molecule has 0 unspecified atom stereocenters. The Morgan fingerprint density at radius 2 is 1.85 bits per heavy atom. The van der Waals surface area contributed by atoms with Gasteiger partial charge in [-0.15, -0.1) is 5.10 Å². The van der Waals surface area contributed by atoms with E-state index < -0.39 is 6.10 Å². The number of hydrogen-bond acceptors (Lipinski definition) is 6. The van der Waals surface area contributed by atoms with E-state index in [-0.39, 0.29) is 12.5 Å². The number of tetrazole rings is 1. The number of carbonyl (C=O) groups is 1. The van der Waals surface area contributed by atoms with Crippen molar-refractivity contribution in [3.8, 4) is 17.2 Å². The number of ether oxygens (including phenoxy) is 2. The molecule has 1 heterocycles. The smallest absolute Gasteiger partial charge is 0.261 e. The van der Waals surface area contributed by atoms with Crippen molar-refractivity contribution in [2.45, 2.75) is 26.5 Å². The van der Waals surface area contributed by atoms with Gasteiger partial charge in [-0.3, -0.25) is 4.79 Å². The fourth-order valence-corrected chi connectivity index (χ4v) is 2.43. The molecule has 0 saturated carbocycles. The Balaban J connectivity index is 1.60. The molecule has 2 aromatic carbocycles. The van der Waals surface area contributed by atoms with E-state index in [9.17, 15) is 4.79 Å². The zero-order valence-electron chi connectivity index (χ0n) is 15.2. The standard InChI is InChI=1S/C19H21N5O3/c1-3-26-16-11-9-15(10-12-16)24-18(21-22-23-24)13-20-19(25)14(2)27-17-7-5-4-6-8-17/h4-12,14H,3,13H2,1-2H3,(H,20,25)/t14-/m1/s1. The molecule has 0 aliphatic carbocycles. The first kappa shape index (κ1) is 18.4. The van der Waals surface area contributed by atoms with E-state index in [0.717, 1.165) is 11.4 Å². The first-order valence-electron chi connectivity index (χ1n) is 8.67. The van der Waals surface area contributed by atoms with Crippen LogP contribution in [0.4, 0.5) is 0 Å². The van der Waals surface area contributed by atoms with Gasteiger partial charge < -0.3 is 14.8 Å². The summed E-state index contributed by atoms with van der Waals surface area (Å²) in [6, 6.07) is 16.6. The number of nitrogens with zero attached hydrogens (tertiary/aromatic N) is 4. The summed E-state index contributed by atoms with van der Waals surface area (Å²) in [6.07, 6.45) is -0.637. The van der Waals surface area contributed by atoms with Gasteiger partial charge in [-0.25, -0.2) is 0 Å². The zero-order chi connectivity index (χ0) is 19.1. The quantitative estimate of drug-likeness (QED) is 0.656. The number of rotatable bonds is 8. The maximum Gasteiger partial charge on any atom is 0.261 e. The Hall–Kier alpha value is -3.42. The molecule has 0 aliphatic rings. The Bertz CT molecular complexity index is 865. The summed E-state index contributed by atoms with van der Waals surface area (Å²) in [5.74, 6) is 1.68. The van der Waals surface area contributed by atoms with Crippen molar-refractivity contribution >= 4 is 5.91 Å². The van der Waals surface area contributed by atoms with Crippen LogP contribution in [0.1, 0.15) is 19.7 Å². The predicted octanol–water partition coefficient (Wildman–Crippen LogP) is 2.14. The summed E-state index contributed by atoms with van der Waals surface area (Å²) < 4.78 is 12.6. The second-order valence-electron chi connectivity index (χ2n) is 5.72. The highest BCUT2D eigenvalue weighted by Crippen LogP contribution is 2.15. The van der Waals surface area contributed by atoms with Gasteiger partial charge in [0.1, 0.15) is 11.5 Å². The maximum absolute atomic E-state index is 12.3. The van der Waals surface area contributed by atoms with Crippen molar-refractivity contribution in [3.63, 3.8) is 0 Å². The third-order valence-corrected chi connectivity index (χ3v) is 3.77. The Morgan fingerprint density at radius 3 is 2.56 bits per heavy atom. The summed E-state index contributed by atoms with van der Waals surface area (Å²) in [5.41, 5.74) is 0.779. The minimum Gasteiger partial charge on any atom is -0.494 e. The molecule has 0 bridgehead atoms. The minimum absolute atomic E-state index is 0.182. The summed E-state index contributed by atoms with van der Waals surface area (Å²) >= 11 is 0. The van der Waals surface area contributed by atoms with Gasteiger partial charge in [-0.05, 0) is 60.7 Å². The highest BCUT2D eigenvalue weighted by Gasteiger charge is 2.16. The van der Waals surface area contributed by atoms with Crippen molar-refractivity contribution in [2.75, 3.05) is 6.61 Å². The summed E-state index contributed by atoms with van der Waals surface area (Å²) in [4.78, 5) is 12.3. The average Bonchev–Trinajstić information content (AvgIpc) is 3.16. The number of hydrogen-bond donors (Lipinski definition) is 1.